The highest BCUT2D eigenvalue weighted by molar-refractivity contribution is 6.51. The standard InChI is InChI=1S/C21H14FN3O6/c1-11-10-16(23-31-11)24-18(12-4-8-15(9-5-12)25(29)30)17(20(27)21(24)28)19(26)13-2-6-14(22)7-3-13/h2-10,18,26H,1H3/b19-17+/t18-/m1/s1. The SMILES string of the molecule is Cc1cc(N2C(=O)C(=O)/C(=C(/O)c3ccc(F)cc3)[C@H]2c2ccc([N+](=O)[O-])cc2)no1. The number of halogens is 1. The molecule has 2 heterocycles. The number of ketones is 1. The summed E-state index contributed by atoms with van der Waals surface area (Å²) in [6, 6.07) is 10.3. The van der Waals surface area contributed by atoms with Crippen molar-refractivity contribution in [2.45, 2.75) is 13.0 Å². The third-order valence-corrected chi connectivity index (χ3v) is 4.84. The molecule has 3 aromatic rings. The maximum Gasteiger partial charge on any atom is 0.301 e. The van der Waals surface area contributed by atoms with Gasteiger partial charge < -0.3 is 9.63 Å². The van der Waals surface area contributed by atoms with Crippen LogP contribution in [0.3, 0.4) is 0 Å². The summed E-state index contributed by atoms with van der Waals surface area (Å²) in [4.78, 5) is 37.2. The fourth-order valence-corrected chi connectivity index (χ4v) is 3.39. The van der Waals surface area contributed by atoms with Gasteiger partial charge in [-0.3, -0.25) is 24.6 Å². The molecule has 2 aromatic carbocycles. The van der Waals surface area contributed by atoms with Crippen LogP contribution in [-0.4, -0.2) is 26.9 Å². The largest absolute Gasteiger partial charge is 0.507 e. The van der Waals surface area contributed by atoms with Gasteiger partial charge in [0.15, 0.2) is 5.82 Å². The van der Waals surface area contributed by atoms with E-state index in [1.54, 1.807) is 6.92 Å². The number of benzene rings is 2. The van der Waals surface area contributed by atoms with Gasteiger partial charge in [0.05, 0.1) is 16.5 Å². The average Bonchev–Trinajstić information content (AvgIpc) is 3.29. The van der Waals surface area contributed by atoms with Crippen LogP contribution in [0, 0.1) is 22.9 Å². The third-order valence-electron chi connectivity index (χ3n) is 4.84. The molecule has 9 nitrogen and oxygen atoms in total. The van der Waals surface area contributed by atoms with E-state index in [1.807, 2.05) is 0 Å². The molecule has 0 saturated carbocycles. The number of rotatable bonds is 4. The number of nitro benzene ring substituents is 1. The van der Waals surface area contributed by atoms with Crippen LogP contribution in [0.25, 0.3) is 5.76 Å². The number of nitro groups is 1. The summed E-state index contributed by atoms with van der Waals surface area (Å²) in [5, 5.41) is 25.6. The number of aliphatic hydroxyl groups is 1. The molecule has 1 amide bonds. The van der Waals surface area contributed by atoms with Crippen molar-refractivity contribution in [1.29, 1.82) is 0 Å². The van der Waals surface area contributed by atoms with Crippen LogP contribution in [0.1, 0.15) is 22.9 Å². The normalized spacial score (nSPS) is 17.9. The van der Waals surface area contributed by atoms with Crippen molar-refractivity contribution in [2.24, 2.45) is 0 Å². The molecule has 1 atom stereocenters. The van der Waals surface area contributed by atoms with Gasteiger partial charge in [0.2, 0.25) is 0 Å². The minimum absolute atomic E-state index is 0.0427. The summed E-state index contributed by atoms with van der Waals surface area (Å²) in [6.45, 7) is 1.60. The Morgan fingerprint density at radius 1 is 1.16 bits per heavy atom. The molecule has 0 unspecified atom stereocenters. The van der Waals surface area contributed by atoms with Crippen LogP contribution < -0.4 is 4.90 Å². The Morgan fingerprint density at radius 2 is 1.81 bits per heavy atom. The van der Waals surface area contributed by atoms with Crippen molar-refractivity contribution in [3.63, 3.8) is 0 Å². The van der Waals surface area contributed by atoms with E-state index in [2.05, 4.69) is 5.16 Å². The Labute approximate surface area is 174 Å². The molecular weight excluding hydrogens is 409 g/mol. The predicted molar refractivity (Wildman–Crippen MR) is 106 cm³/mol. The molecule has 156 valence electrons. The molecule has 0 bridgehead atoms. The number of non-ortho nitro benzene ring substituents is 1. The lowest BCUT2D eigenvalue weighted by Crippen LogP contribution is -2.29. The lowest BCUT2D eigenvalue weighted by molar-refractivity contribution is -0.384. The monoisotopic (exact) mass is 423 g/mol. The number of carbonyl (C=O) groups is 2. The van der Waals surface area contributed by atoms with E-state index in [0.717, 1.165) is 17.0 Å². The van der Waals surface area contributed by atoms with Gasteiger partial charge in [-0.1, -0.05) is 5.16 Å². The van der Waals surface area contributed by atoms with Crippen LogP contribution in [0.15, 0.2) is 64.7 Å². The Hall–Kier alpha value is -4.34. The van der Waals surface area contributed by atoms with Gasteiger partial charge in [-0.15, -0.1) is 0 Å². The van der Waals surface area contributed by atoms with Crippen molar-refractivity contribution < 1.29 is 28.5 Å². The molecule has 1 aliphatic rings. The van der Waals surface area contributed by atoms with E-state index in [4.69, 9.17) is 4.52 Å². The molecule has 31 heavy (non-hydrogen) atoms. The van der Waals surface area contributed by atoms with Crippen LogP contribution in [0.4, 0.5) is 15.9 Å². The summed E-state index contributed by atoms with van der Waals surface area (Å²) in [6.07, 6.45) is 0. The van der Waals surface area contributed by atoms with Crippen molar-refractivity contribution in [3.05, 3.63) is 93.0 Å². The smallest absolute Gasteiger partial charge is 0.301 e. The van der Waals surface area contributed by atoms with E-state index in [-0.39, 0.29) is 22.6 Å². The number of amides is 1. The first-order chi connectivity index (χ1) is 14.8. The Morgan fingerprint density at radius 3 is 2.35 bits per heavy atom. The fourth-order valence-electron chi connectivity index (χ4n) is 3.39. The van der Waals surface area contributed by atoms with E-state index in [9.17, 15) is 29.2 Å². The Kier molecular flexibility index (Phi) is 4.82. The molecule has 10 heteroatoms. The molecule has 1 aromatic heterocycles. The number of carbonyl (C=O) groups excluding carboxylic acids is 2. The number of nitrogens with zero attached hydrogens (tertiary/aromatic N) is 3. The van der Waals surface area contributed by atoms with Crippen molar-refractivity contribution in [2.75, 3.05) is 4.90 Å². The third kappa shape index (κ3) is 3.44. The highest BCUT2D eigenvalue weighted by Gasteiger charge is 2.48. The predicted octanol–water partition coefficient (Wildman–Crippen LogP) is 3.66. The van der Waals surface area contributed by atoms with Gasteiger partial charge in [-0.2, -0.15) is 0 Å². The van der Waals surface area contributed by atoms with Crippen molar-refractivity contribution >= 4 is 29.0 Å². The fraction of sp³-hybridized carbons (Fsp3) is 0.0952. The van der Waals surface area contributed by atoms with E-state index >= 15 is 0 Å². The molecule has 0 spiro atoms. The summed E-state index contributed by atoms with van der Waals surface area (Å²) in [5.74, 6) is -2.56. The van der Waals surface area contributed by atoms with Gasteiger partial charge >= 0.3 is 5.91 Å². The maximum absolute atomic E-state index is 13.3. The average molecular weight is 423 g/mol. The van der Waals surface area contributed by atoms with Gasteiger partial charge in [-0.25, -0.2) is 4.39 Å². The van der Waals surface area contributed by atoms with Crippen molar-refractivity contribution in [1.82, 2.24) is 5.16 Å². The van der Waals surface area contributed by atoms with Crippen LogP contribution in [-0.2, 0) is 9.59 Å². The minimum Gasteiger partial charge on any atom is -0.507 e. The number of Topliss-reactive ketones (excluding diaryl/α,β-unsaturated/α-hetero) is 1. The molecule has 4 rings (SSSR count). The topological polar surface area (TPSA) is 127 Å². The highest BCUT2D eigenvalue weighted by atomic mass is 19.1. The molecule has 1 N–H and O–H groups in total. The molecule has 1 saturated heterocycles. The van der Waals surface area contributed by atoms with Gasteiger partial charge in [0, 0.05) is 23.8 Å². The minimum atomic E-state index is -1.13. The maximum atomic E-state index is 13.3. The number of aromatic nitrogens is 1. The first kappa shape index (κ1) is 20.0. The number of anilines is 1. The van der Waals surface area contributed by atoms with Gasteiger partial charge in [0.1, 0.15) is 17.3 Å². The summed E-state index contributed by atoms with van der Waals surface area (Å²) < 4.78 is 18.3. The summed E-state index contributed by atoms with van der Waals surface area (Å²) in [5.41, 5.74) is 0.0133. The summed E-state index contributed by atoms with van der Waals surface area (Å²) >= 11 is 0. The number of aryl methyl sites for hydroxylation is 1. The Bertz CT molecular complexity index is 1230. The first-order valence-corrected chi connectivity index (χ1v) is 9.02. The van der Waals surface area contributed by atoms with E-state index < -0.39 is 34.2 Å². The van der Waals surface area contributed by atoms with Gasteiger partial charge in [0.25, 0.3) is 11.5 Å². The van der Waals surface area contributed by atoms with Gasteiger partial charge in [-0.05, 0) is 48.9 Å². The number of hydrogen-bond acceptors (Lipinski definition) is 7. The van der Waals surface area contributed by atoms with E-state index in [1.165, 1.54) is 42.5 Å². The molecule has 1 aliphatic heterocycles. The van der Waals surface area contributed by atoms with E-state index in [0.29, 0.717) is 11.3 Å². The second-order valence-corrected chi connectivity index (χ2v) is 6.82. The van der Waals surface area contributed by atoms with Crippen LogP contribution >= 0.6 is 0 Å². The number of aliphatic hydroxyl groups excluding tert-OH is 1. The quantitative estimate of drug-likeness (QED) is 0.223. The zero-order valence-corrected chi connectivity index (χ0v) is 16.0. The summed E-state index contributed by atoms with van der Waals surface area (Å²) in [7, 11) is 0. The lowest BCUT2D eigenvalue weighted by atomic mass is 9.95. The van der Waals surface area contributed by atoms with Crippen LogP contribution in [0.5, 0.6) is 0 Å². The highest BCUT2D eigenvalue weighted by Crippen LogP contribution is 2.42. The molecule has 0 radical (unpaired) electrons. The van der Waals surface area contributed by atoms with Crippen molar-refractivity contribution in [3.8, 4) is 0 Å². The zero-order valence-electron chi connectivity index (χ0n) is 16.0. The number of hydrogen-bond donors (Lipinski definition) is 1. The first-order valence-electron chi connectivity index (χ1n) is 9.02. The Balaban J connectivity index is 1.92. The molecular formula is C21H14FN3O6. The molecule has 1 fully saturated rings. The molecule has 0 aliphatic carbocycles. The second-order valence-electron chi connectivity index (χ2n) is 6.82. The lowest BCUT2D eigenvalue weighted by Gasteiger charge is -2.22. The second kappa shape index (κ2) is 7.48. The van der Waals surface area contributed by atoms with Crippen LogP contribution in [0.2, 0.25) is 0 Å². The zero-order chi connectivity index (χ0) is 22.3.